The van der Waals surface area contributed by atoms with E-state index in [0.29, 0.717) is 13.0 Å². The first-order valence-electron chi connectivity index (χ1n) is 11.7. The van der Waals surface area contributed by atoms with Crippen molar-refractivity contribution in [1.82, 2.24) is 0 Å². The van der Waals surface area contributed by atoms with E-state index in [0.717, 1.165) is 50.5 Å². The number of carboxylic acid groups (broad SMARTS) is 1. The summed E-state index contributed by atoms with van der Waals surface area (Å²) in [4.78, 5) is 10.4. The minimum Gasteiger partial charge on any atom is -0.481 e. The molecule has 0 spiro atoms. The van der Waals surface area contributed by atoms with Crippen LogP contribution in [0.5, 0.6) is 0 Å². The summed E-state index contributed by atoms with van der Waals surface area (Å²) in [6.07, 6.45) is 14.1. The molecule has 29 heavy (non-hydrogen) atoms. The van der Waals surface area contributed by atoms with Gasteiger partial charge in [-0.1, -0.05) is 101 Å². The van der Waals surface area contributed by atoms with Crippen LogP contribution in [0.1, 0.15) is 102 Å². The number of aliphatic carboxylic acids is 1. The average molecular weight is 407 g/mol. The van der Waals surface area contributed by atoms with E-state index in [9.17, 15) is 9.90 Å². The zero-order valence-electron chi connectivity index (χ0n) is 18.4. The first-order valence-corrected chi connectivity index (χ1v) is 11.7. The van der Waals surface area contributed by atoms with Crippen molar-refractivity contribution < 1.29 is 19.7 Å². The highest BCUT2D eigenvalue weighted by Gasteiger charge is 2.18. The third kappa shape index (κ3) is 14.3. The number of aliphatic hydroxyl groups is 1. The molecule has 0 amide bonds. The van der Waals surface area contributed by atoms with Crippen LogP contribution in [0.15, 0.2) is 30.3 Å². The predicted molar refractivity (Wildman–Crippen MR) is 119 cm³/mol. The van der Waals surface area contributed by atoms with Gasteiger partial charge < -0.3 is 14.9 Å². The number of aliphatic hydroxyl groups excluding tert-OH is 1. The van der Waals surface area contributed by atoms with E-state index < -0.39 is 5.97 Å². The Hall–Kier alpha value is -1.39. The van der Waals surface area contributed by atoms with Crippen LogP contribution in [-0.2, 0) is 16.1 Å². The van der Waals surface area contributed by atoms with E-state index in [2.05, 4.69) is 19.1 Å². The summed E-state index contributed by atoms with van der Waals surface area (Å²) in [6.45, 7) is 2.70. The summed E-state index contributed by atoms with van der Waals surface area (Å²) in [5, 5.41) is 19.1. The van der Waals surface area contributed by atoms with Gasteiger partial charge in [0, 0.05) is 6.42 Å². The lowest BCUT2D eigenvalue weighted by Gasteiger charge is -2.23. The molecule has 0 radical (unpaired) electrons. The van der Waals surface area contributed by atoms with Gasteiger partial charge in [-0.3, -0.25) is 4.79 Å². The van der Waals surface area contributed by atoms with Crippen LogP contribution in [-0.4, -0.2) is 28.4 Å². The molecule has 0 fully saturated rings. The Morgan fingerprint density at radius 3 is 1.97 bits per heavy atom. The molecule has 0 aromatic heterocycles. The maximum Gasteiger partial charge on any atom is 0.303 e. The topological polar surface area (TPSA) is 66.8 Å². The Kier molecular flexibility index (Phi) is 15.4. The number of hydrogen-bond donors (Lipinski definition) is 2. The van der Waals surface area contributed by atoms with E-state index in [-0.39, 0.29) is 12.2 Å². The van der Waals surface area contributed by atoms with E-state index >= 15 is 0 Å². The molecule has 4 nitrogen and oxygen atoms in total. The third-order valence-corrected chi connectivity index (χ3v) is 5.45. The number of unbranched alkanes of at least 4 members (excludes halogenated alkanes) is 9. The van der Waals surface area contributed by atoms with Crippen molar-refractivity contribution in [2.45, 2.75) is 116 Å². The molecule has 4 heteroatoms. The van der Waals surface area contributed by atoms with E-state index in [1.165, 1.54) is 38.5 Å². The molecule has 2 atom stereocenters. The molecule has 0 heterocycles. The molecule has 0 aliphatic heterocycles. The second kappa shape index (κ2) is 17.5. The predicted octanol–water partition coefficient (Wildman–Crippen LogP) is 6.50. The minimum absolute atomic E-state index is 0.0682. The minimum atomic E-state index is -0.682. The fourth-order valence-electron chi connectivity index (χ4n) is 3.68. The molecule has 0 saturated heterocycles. The number of carboxylic acids is 1. The molecule has 0 aliphatic carbocycles. The normalized spacial score (nSPS) is 13.3. The monoisotopic (exact) mass is 406 g/mol. The zero-order valence-corrected chi connectivity index (χ0v) is 18.4. The standard InChI is InChI=1S/C25H42O4/c1-2-16-24(29-21-22-17-12-11-13-18-22)23(26)19-14-9-7-5-3-4-6-8-10-15-20-25(27)28/h11-13,17-18,23-24,26H,2-10,14-16,19-21H2,1H3,(H,27,28). The van der Waals surface area contributed by atoms with Crippen LogP contribution in [0.4, 0.5) is 0 Å². The number of hydrogen-bond acceptors (Lipinski definition) is 3. The van der Waals surface area contributed by atoms with Gasteiger partial charge in [0.1, 0.15) is 0 Å². The molecule has 0 saturated carbocycles. The van der Waals surface area contributed by atoms with Crippen molar-refractivity contribution in [3.8, 4) is 0 Å². The Morgan fingerprint density at radius 2 is 1.41 bits per heavy atom. The fourth-order valence-corrected chi connectivity index (χ4v) is 3.68. The van der Waals surface area contributed by atoms with Gasteiger partial charge in [0.2, 0.25) is 0 Å². The summed E-state index contributed by atoms with van der Waals surface area (Å²) >= 11 is 0. The Balaban J connectivity index is 2.01. The molecule has 2 N–H and O–H groups in total. The van der Waals surface area contributed by atoms with Crippen molar-refractivity contribution in [2.75, 3.05) is 0 Å². The van der Waals surface area contributed by atoms with Crippen molar-refractivity contribution in [2.24, 2.45) is 0 Å². The molecule has 1 rings (SSSR count). The second-order valence-electron chi connectivity index (χ2n) is 8.16. The lowest BCUT2D eigenvalue weighted by atomic mass is 10.0. The molecule has 166 valence electrons. The number of carbonyl (C=O) groups is 1. The Labute approximate surface area is 177 Å². The summed E-state index contributed by atoms with van der Waals surface area (Å²) in [7, 11) is 0. The first kappa shape index (κ1) is 25.6. The van der Waals surface area contributed by atoms with Gasteiger partial charge in [-0.25, -0.2) is 0 Å². The van der Waals surface area contributed by atoms with Crippen LogP contribution in [0.2, 0.25) is 0 Å². The number of ether oxygens (including phenoxy) is 1. The summed E-state index contributed by atoms with van der Waals surface area (Å²) in [6, 6.07) is 10.2. The molecule has 1 aromatic rings. The van der Waals surface area contributed by atoms with E-state index in [1.54, 1.807) is 0 Å². The van der Waals surface area contributed by atoms with Gasteiger partial charge >= 0.3 is 5.97 Å². The van der Waals surface area contributed by atoms with Crippen molar-refractivity contribution in [3.05, 3.63) is 35.9 Å². The van der Waals surface area contributed by atoms with Gasteiger partial charge in [0.05, 0.1) is 18.8 Å². The van der Waals surface area contributed by atoms with E-state index in [4.69, 9.17) is 9.84 Å². The Morgan fingerprint density at radius 1 is 0.862 bits per heavy atom. The van der Waals surface area contributed by atoms with Gasteiger partial charge in [0.25, 0.3) is 0 Å². The maximum atomic E-state index is 10.5. The highest BCUT2D eigenvalue weighted by molar-refractivity contribution is 5.66. The third-order valence-electron chi connectivity index (χ3n) is 5.45. The van der Waals surface area contributed by atoms with Crippen LogP contribution < -0.4 is 0 Å². The summed E-state index contributed by atoms with van der Waals surface area (Å²) in [5.74, 6) is -0.682. The second-order valence-corrected chi connectivity index (χ2v) is 8.16. The summed E-state index contributed by atoms with van der Waals surface area (Å²) < 4.78 is 6.01. The molecule has 0 bridgehead atoms. The molecule has 2 unspecified atom stereocenters. The summed E-state index contributed by atoms with van der Waals surface area (Å²) in [5.41, 5.74) is 1.16. The van der Waals surface area contributed by atoms with Crippen LogP contribution in [0.3, 0.4) is 0 Å². The zero-order chi connectivity index (χ0) is 21.2. The molecular formula is C25H42O4. The van der Waals surface area contributed by atoms with Gasteiger partial charge in [-0.2, -0.15) is 0 Å². The SMILES string of the molecule is CCCC(OCc1ccccc1)C(O)CCCCCCCCCCCCC(=O)O. The van der Waals surface area contributed by atoms with E-state index in [1.807, 2.05) is 18.2 Å². The molecule has 0 aliphatic rings. The highest BCUT2D eigenvalue weighted by atomic mass is 16.5. The molecule has 1 aromatic carbocycles. The van der Waals surface area contributed by atoms with Gasteiger partial charge in [0.15, 0.2) is 0 Å². The van der Waals surface area contributed by atoms with Gasteiger partial charge in [-0.05, 0) is 24.8 Å². The van der Waals surface area contributed by atoms with Crippen molar-refractivity contribution in [1.29, 1.82) is 0 Å². The van der Waals surface area contributed by atoms with Crippen LogP contribution in [0, 0.1) is 0 Å². The number of benzene rings is 1. The van der Waals surface area contributed by atoms with Crippen molar-refractivity contribution >= 4 is 5.97 Å². The van der Waals surface area contributed by atoms with Crippen molar-refractivity contribution in [3.63, 3.8) is 0 Å². The average Bonchev–Trinajstić information content (AvgIpc) is 2.72. The highest BCUT2D eigenvalue weighted by Crippen LogP contribution is 2.17. The van der Waals surface area contributed by atoms with Crippen LogP contribution in [0.25, 0.3) is 0 Å². The lowest BCUT2D eigenvalue weighted by molar-refractivity contribution is -0.137. The lowest BCUT2D eigenvalue weighted by Crippen LogP contribution is -2.29. The van der Waals surface area contributed by atoms with Crippen LogP contribution >= 0.6 is 0 Å². The quantitative estimate of drug-likeness (QED) is 0.257. The smallest absolute Gasteiger partial charge is 0.303 e. The maximum absolute atomic E-state index is 10.5. The fraction of sp³-hybridized carbons (Fsp3) is 0.720. The van der Waals surface area contributed by atoms with Gasteiger partial charge in [-0.15, -0.1) is 0 Å². The Bertz CT molecular complexity index is 503. The first-order chi connectivity index (χ1) is 14.1. The number of rotatable bonds is 19. The largest absolute Gasteiger partial charge is 0.481 e. The molecular weight excluding hydrogens is 364 g/mol.